The van der Waals surface area contributed by atoms with E-state index in [1.165, 1.54) is 4.90 Å². The Morgan fingerprint density at radius 3 is 2.55 bits per heavy atom. The quantitative estimate of drug-likeness (QED) is 0.563. The highest BCUT2D eigenvalue weighted by molar-refractivity contribution is 9.11. The minimum Gasteiger partial charge on any atom is -0.369 e. The molecule has 0 bridgehead atoms. The Morgan fingerprint density at radius 2 is 2.05 bits per heavy atom. The summed E-state index contributed by atoms with van der Waals surface area (Å²) in [4.78, 5) is 0.543. The molecule has 0 amide bonds. The average molecular weight is 392 g/mol. The number of nitrogens with zero attached hydrogens (tertiary/aromatic N) is 1. The van der Waals surface area contributed by atoms with Crippen LogP contribution in [0.1, 0.15) is 17.4 Å². The van der Waals surface area contributed by atoms with Gasteiger partial charge in [0.05, 0.1) is 9.47 Å². The second-order valence-corrected chi connectivity index (χ2v) is 6.88. The number of hydrogen-bond donors (Lipinski definition) is 2. The number of hydrogen-bond acceptors (Lipinski definition) is 2. The van der Waals surface area contributed by atoms with Gasteiger partial charge in [-0.05, 0) is 46.1 Å². The highest BCUT2D eigenvalue weighted by atomic mass is 79.9. The van der Waals surface area contributed by atoms with E-state index in [1.54, 1.807) is 18.2 Å². The molecule has 3 N–H and O–H groups in total. The molecule has 1 aromatic carbocycles. The van der Waals surface area contributed by atoms with Crippen LogP contribution in [0.2, 0.25) is 0 Å². The number of anilines is 2. The second kappa shape index (κ2) is 6.29. The largest absolute Gasteiger partial charge is 0.425 e. The summed E-state index contributed by atoms with van der Waals surface area (Å²) in [5, 5.41) is 7.72. The standard InChI is InChI=1S/C14H13BrF3N3S/c1-2-8-4-3-5-9(6-8)21(13(19)20)10-7-11(14(16,17)18)22-12(10)15/h3-7H,2H2,1H3,(H3,19,20). The van der Waals surface area contributed by atoms with Crippen molar-refractivity contribution < 1.29 is 13.2 Å². The highest BCUT2D eigenvalue weighted by Crippen LogP contribution is 2.44. The molecule has 22 heavy (non-hydrogen) atoms. The molecule has 0 unspecified atom stereocenters. The van der Waals surface area contributed by atoms with Gasteiger partial charge in [0.25, 0.3) is 0 Å². The van der Waals surface area contributed by atoms with Crippen LogP contribution >= 0.6 is 27.3 Å². The van der Waals surface area contributed by atoms with Crippen LogP contribution in [0, 0.1) is 5.41 Å². The van der Waals surface area contributed by atoms with Crippen LogP contribution in [0.4, 0.5) is 24.5 Å². The van der Waals surface area contributed by atoms with Crippen molar-refractivity contribution in [3.05, 3.63) is 44.6 Å². The molecule has 3 nitrogen and oxygen atoms in total. The van der Waals surface area contributed by atoms with Crippen LogP contribution in [0.15, 0.2) is 34.1 Å². The molecule has 2 rings (SSSR count). The molecule has 0 spiro atoms. The normalized spacial score (nSPS) is 11.5. The summed E-state index contributed by atoms with van der Waals surface area (Å²) in [5.41, 5.74) is 7.36. The first-order valence-electron chi connectivity index (χ1n) is 6.33. The van der Waals surface area contributed by atoms with Crippen LogP contribution in [-0.2, 0) is 12.6 Å². The number of halogens is 4. The van der Waals surface area contributed by atoms with Gasteiger partial charge in [-0.1, -0.05) is 19.1 Å². The first-order valence-corrected chi connectivity index (χ1v) is 7.94. The Kier molecular flexibility index (Phi) is 4.81. The van der Waals surface area contributed by atoms with E-state index in [0.717, 1.165) is 18.1 Å². The molecular weight excluding hydrogens is 379 g/mol. The van der Waals surface area contributed by atoms with E-state index in [9.17, 15) is 13.2 Å². The molecule has 0 aliphatic rings. The van der Waals surface area contributed by atoms with Crippen molar-refractivity contribution in [2.24, 2.45) is 5.73 Å². The zero-order chi connectivity index (χ0) is 16.5. The fourth-order valence-electron chi connectivity index (χ4n) is 1.97. The molecule has 1 aromatic heterocycles. The third kappa shape index (κ3) is 3.44. The van der Waals surface area contributed by atoms with E-state index in [-0.39, 0.29) is 15.4 Å². The summed E-state index contributed by atoms with van der Waals surface area (Å²) >= 11 is 3.71. The SMILES string of the molecule is CCc1cccc(N(C(=N)N)c2cc(C(F)(F)F)sc2Br)c1. The molecule has 1 heterocycles. The summed E-state index contributed by atoms with van der Waals surface area (Å²) in [6.45, 7) is 1.97. The van der Waals surface area contributed by atoms with E-state index in [4.69, 9.17) is 11.1 Å². The van der Waals surface area contributed by atoms with Crippen molar-refractivity contribution in [3.8, 4) is 0 Å². The van der Waals surface area contributed by atoms with Gasteiger partial charge in [0, 0.05) is 5.69 Å². The van der Waals surface area contributed by atoms with Gasteiger partial charge in [-0.15, -0.1) is 11.3 Å². The number of benzene rings is 1. The maximum absolute atomic E-state index is 12.9. The van der Waals surface area contributed by atoms with Crippen molar-refractivity contribution in [1.29, 1.82) is 5.41 Å². The van der Waals surface area contributed by atoms with Crippen molar-refractivity contribution in [1.82, 2.24) is 0 Å². The summed E-state index contributed by atoms with van der Waals surface area (Å²) in [5.74, 6) is -0.347. The van der Waals surface area contributed by atoms with Gasteiger partial charge in [0.1, 0.15) is 4.88 Å². The van der Waals surface area contributed by atoms with Crippen LogP contribution in [0.5, 0.6) is 0 Å². The van der Waals surface area contributed by atoms with Crippen LogP contribution in [0.3, 0.4) is 0 Å². The van der Waals surface area contributed by atoms with Gasteiger partial charge in [0.2, 0.25) is 0 Å². The summed E-state index contributed by atoms with van der Waals surface area (Å²) < 4.78 is 38.8. The number of aryl methyl sites for hydroxylation is 1. The Balaban J connectivity index is 2.53. The van der Waals surface area contributed by atoms with Gasteiger partial charge >= 0.3 is 6.18 Å². The summed E-state index contributed by atoms with van der Waals surface area (Å²) in [7, 11) is 0. The fourth-order valence-corrected chi connectivity index (χ4v) is 3.52. The van der Waals surface area contributed by atoms with Crippen molar-refractivity contribution in [3.63, 3.8) is 0 Å². The zero-order valence-corrected chi connectivity index (χ0v) is 13.9. The van der Waals surface area contributed by atoms with E-state index >= 15 is 0 Å². The Morgan fingerprint density at radius 1 is 1.36 bits per heavy atom. The predicted molar refractivity (Wildman–Crippen MR) is 86.9 cm³/mol. The lowest BCUT2D eigenvalue weighted by molar-refractivity contribution is -0.134. The lowest BCUT2D eigenvalue weighted by atomic mass is 10.1. The Bertz CT molecular complexity index is 697. The average Bonchev–Trinajstić information content (AvgIpc) is 2.81. The third-order valence-electron chi connectivity index (χ3n) is 3.01. The highest BCUT2D eigenvalue weighted by Gasteiger charge is 2.35. The maximum Gasteiger partial charge on any atom is 0.425 e. The number of nitrogens with two attached hydrogens (primary N) is 1. The lowest BCUT2D eigenvalue weighted by Gasteiger charge is -2.22. The number of guanidine groups is 1. The lowest BCUT2D eigenvalue weighted by Crippen LogP contribution is -2.32. The maximum atomic E-state index is 12.9. The van der Waals surface area contributed by atoms with Crippen LogP contribution in [0.25, 0.3) is 0 Å². The number of nitrogens with one attached hydrogen (secondary N) is 1. The molecule has 2 aromatic rings. The number of alkyl halides is 3. The van der Waals surface area contributed by atoms with Gasteiger partial charge < -0.3 is 5.73 Å². The summed E-state index contributed by atoms with van der Waals surface area (Å²) in [6.07, 6.45) is -3.66. The molecule has 0 saturated heterocycles. The van der Waals surface area contributed by atoms with E-state index < -0.39 is 11.1 Å². The zero-order valence-electron chi connectivity index (χ0n) is 11.5. The van der Waals surface area contributed by atoms with Gasteiger partial charge in [-0.2, -0.15) is 13.2 Å². The first-order chi connectivity index (χ1) is 10.2. The van der Waals surface area contributed by atoms with Gasteiger partial charge in [0.15, 0.2) is 5.96 Å². The molecule has 0 radical (unpaired) electrons. The van der Waals surface area contributed by atoms with Crippen LogP contribution in [-0.4, -0.2) is 5.96 Å². The number of rotatable bonds is 3. The smallest absolute Gasteiger partial charge is 0.369 e. The molecule has 0 aliphatic heterocycles. The van der Waals surface area contributed by atoms with Crippen molar-refractivity contribution in [2.45, 2.75) is 19.5 Å². The predicted octanol–water partition coefficient (Wildman–Crippen LogP) is 5.12. The van der Waals surface area contributed by atoms with Gasteiger partial charge in [-0.3, -0.25) is 10.3 Å². The van der Waals surface area contributed by atoms with Crippen molar-refractivity contribution in [2.75, 3.05) is 4.90 Å². The Labute approximate surface area is 138 Å². The first kappa shape index (κ1) is 16.8. The van der Waals surface area contributed by atoms with E-state index in [1.807, 2.05) is 13.0 Å². The molecule has 0 aliphatic carbocycles. The topological polar surface area (TPSA) is 53.1 Å². The monoisotopic (exact) mass is 391 g/mol. The fraction of sp³-hybridized carbons (Fsp3) is 0.214. The molecular formula is C14H13BrF3N3S. The molecule has 118 valence electrons. The molecule has 0 saturated carbocycles. The molecule has 0 fully saturated rings. The van der Waals surface area contributed by atoms with Crippen molar-refractivity contribution >= 4 is 44.6 Å². The third-order valence-corrected chi connectivity index (χ3v) is 4.86. The van der Waals surface area contributed by atoms with E-state index in [0.29, 0.717) is 17.0 Å². The van der Waals surface area contributed by atoms with Crippen LogP contribution < -0.4 is 10.6 Å². The second-order valence-electron chi connectivity index (χ2n) is 4.51. The molecule has 8 heteroatoms. The minimum absolute atomic E-state index is 0.207. The van der Waals surface area contributed by atoms with Gasteiger partial charge in [-0.25, -0.2) is 0 Å². The number of thiophene rings is 1. The molecule has 0 atom stereocenters. The minimum atomic E-state index is -4.43. The Hall–Kier alpha value is -1.54. The summed E-state index contributed by atoms with van der Waals surface area (Å²) in [6, 6.07) is 8.20. The van der Waals surface area contributed by atoms with E-state index in [2.05, 4.69) is 15.9 Å².